The van der Waals surface area contributed by atoms with Crippen molar-refractivity contribution in [2.45, 2.75) is 10.9 Å². The Kier molecular flexibility index (Phi) is 5.37. The number of hydrogen-bond acceptors (Lipinski definition) is 3. The lowest BCUT2D eigenvalue weighted by Crippen LogP contribution is -2.29. The number of hydrazine groups is 1. The fourth-order valence-corrected chi connectivity index (χ4v) is 3.04. The Morgan fingerprint density at radius 1 is 1.15 bits per heavy atom. The zero-order valence-electron chi connectivity index (χ0n) is 10.4. The Hall–Kier alpha value is -1.14. The summed E-state index contributed by atoms with van der Waals surface area (Å²) in [7, 11) is 0. The van der Waals surface area contributed by atoms with Crippen LogP contribution in [0.1, 0.15) is 11.6 Å². The van der Waals surface area contributed by atoms with Crippen molar-refractivity contribution in [2.75, 3.05) is 5.75 Å². The second kappa shape index (κ2) is 7.04. The summed E-state index contributed by atoms with van der Waals surface area (Å²) in [6, 6.07) is 10.4. The molecular weight excluding hydrogens is 302 g/mol. The van der Waals surface area contributed by atoms with Crippen LogP contribution in [0.5, 0.6) is 0 Å². The number of nitrogens with two attached hydrogens (primary N) is 1. The average Bonchev–Trinajstić information content (AvgIpc) is 2.38. The molecule has 0 bridgehead atoms. The quantitative estimate of drug-likeness (QED) is 0.499. The van der Waals surface area contributed by atoms with Crippen LogP contribution in [0, 0.1) is 11.6 Å². The molecule has 2 nitrogen and oxygen atoms in total. The van der Waals surface area contributed by atoms with Gasteiger partial charge in [-0.2, -0.15) is 0 Å². The maximum absolute atomic E-state index is 13.2. The van der Waals surface area contributed by atoms with Crippen molar-refractivity contribution in [3.63, 3.8) is 0 Å². The fraction of sp³-hybridized carbons (Fsp3) is 0.143. The van der Waals surface area contributed by atoms with Crippen molar-refractivity contribution in [2.24, 2.45) is 5.84 Å². The highest BCUT2D eigenvalue weighted by Crippen LogP contribution is 2.27. The molecule has 0 aliphatic heterocycles. The molecule has 0 spiro atoms. The molecule has 0 fully saturated rings. The first kappa shape index (κ1) is 15.3. The topological polar surface area (TPSA) is 38.0 Å². The number of halogens is 3. The van der Waals surface area contributed by atoms with E-state index >= 15 is 0 Å². The molecule has 1 unspecified atom stereocenters. The van der Waals surface area contributed by atoms with E-state index in [1.54, 1.807) is 6.07 Å². The molecule has 3 N–H and O–H groups in total. The van der Waals surface area contributed by atoms with Gasteiger partial charge in [-0.05, 0) is 35.9 Å². The van der Waals surface area contributed by atoms with E-state index in [1.807, 2.05) is 18.2 Å². The standard InChI is InChI=1S/C14H13ClF2N2S/c15-10-2-1-3-13(6-10)20-8-14(19-18)9-4-11(16)7-12(17)5-9/h1-7,14,19H,8,18H2. The molecular formula is C14H13ClF2N2S. The monoisotopic (exact) mass is 314 g/mol. The minimum Gasteiger partial charge on any atom is -0.271 e. The molecule has 6 heteroatoms. The Bertz CT molecular complexity index is 575. The highest BCUT2D eigenvalue weighted by Gasteiger charge is 2.13. The van der Waals surface area contributed by atoms with Crippen LogP contribution in [0.4, 0.5) is 8.78 Å². The van der Waals surface area contributed by atoms with Crippen LogP contribution >= 0.6 is 23.4 Å². The van der Waals surface area contributed by atoms with Crippen LogP contribution < -0.4 is 11.3 Å². The molecule has 0 aromatic heterocycles. The fourth-order valence-electron chi connectivity index (χ4n) is 1.75. The van der Waals surface area contributed by atoms with E-state index in [-0.39, 0.29) is 6.04 Å². The third kappa shape index (κ3) is 4.18. The van der Waals surface area contributed by atoms with Gasteiger partial charge >= 0.3 is 0 Å². The summed E-state index contributed by atoms with van der Waals surface area (Å²) < 4.78 is 26.4. The average molecular weight is 315 g/mol. The summed E-state index contributed by atoms with van der Waals surface area (Å²) in [6.45, 7) is 0. The molecule has 0 saturated carbocycles. The summed E-state index contributed by atoms with van der Waals surface area (Å²) in [5.41, 5.74) is 3.04. The van der Waals surface area contributed by atoms with Crippen molar-refractivity contribution in [1.29, 1.82) is 0 Å². The van der Waals surface area contributed by atoms with Crippen molar-refractivity contribution in [3.05, 3.63) is 64.7 Å². The molecule has 0 amide bonds. The van der Waals surface area contributed by atoms with Crippen molar-refractivity contribution >= 4 is 23.4 Å². The normalized spacial score (nSPS) is 12.4. The zero-order chi connectivity index (χ0) is 14.5. The lowest BCUT2D eigenvalue weighted by molar-refractivity contribution is 0.559. The largest absolute Gasteiger partial charge is 0.271 e. The number of hydrogen-bond donors (Lipinski definition) is 2. The predicted octanol–water partition coefficient (Wildman–Crippen LogP) is 3.91. The Balaban J connectivity index is 2.09. The summed E-state index contributed by atoms with van der Waals surface area (Å²) in [5, 5.41) is 0.643. The van der Waals surface area contributed by atoms with Gasteiger partial charge in [-0.3, -0.25) is 11.3 Å². The van der Waals surface area contributed by atoms with Crippen LogP contribution in [0.3, 0.4) is 0 Å². The minimum atomic E-state index is -0.618. The second-order valence-electron chi connectivity index (χ2n) is 4.19. The summed E-state index contributed by atoms with van der Waals surface area (Å²) in [4.78, 5) is 0.967. The lowest BCUT2D eigenvalue weighted by atomic mass is 10.1. The van der Waals surface area contributed by atoms with Crippen LogP contribution in [-0.4, -0.2) is 5.75 Å². The molecule has 0 heterocycles. The molecule has 0 saturated heterocycles. The highest BCUT2D eigenvalue weighted by atomic mass is 35.5. The first-order valence-electron chi connectivity index (χ1n) is 5.89. The lowest BCUT2D eigenvalue weighted by Gasteiger charge is -2.16. The van der Waals surface area contributed by atoms with E-state index in [9.17, 15) is 8.78 Å². The van der Waals surface area contributed by atoms with Gasteiger partial charge in [-0.15, -0.1) is 11.8 Å². The minimum absolute atomic E-state index is 0.357. The number of benzene rings is 2. The van der Waals surface area contributed by atoms with Gasteiger partial charge < -0.3 is 0 Å². The first-order chi connectivity index (χ1) is 9.58. The van der Waals surface area contributed by atoms with Crippen LogP contribution in [0.15, 0.2) is 47.4 Å². The van der Waals surface area contributed by atoms with E-state index < -0.39 is 11.6 Å². The SMILES string of the molecule is NNC(CSc1cccc(Cl)c1)c1cc(F)cc(F)c1. The molecule has 0 aliphatic rings. The molecule has 0 radical (unpaired) electrons. The Morgan fingerprint density at radius 3 is 2.45 bits per heavy atom. The van der Waals surface area contributed by atoms with E-state index in [4.69, 9.17) is 17.4 Å². The van der Waals surface area contributed by atoms with E-state index in [0.29, 0.717) is 16.3 Å². The Morgan fingerprint density at radius 2 is 1.85 bits per heavy atom. The Labute approximate surface area is 125 Å². The second-order valence-corrected chi connectivity index (χ2v) is 5.72. The van der Waals surface area contributed by atoms with Crippen LogP contribution in [-0.2, 0) is 0 Å². The molecule has 2 aromatic rings. The molecule has 2 rings (SSSR count). The van der Waals surface area contributed by atoms with Gasteiger partial charge in [0, 0.05) is 21.7 Å². The highest BCUT2D eigenvalue weighted by molar-refractivity contribution is 7.99. The van der Waals surface area contributed by atoms with Crippen LogP contribution in [0.25, 0.3) is 0 Å². The molecule has 0 aliphatic carbocycles. The molecule has 106 valence electrons. The first-order valence-corrected chi connectivity index (χ1v) is 7.25. The summed E-state index contributed by atoms with van der Waals surface area (Å²) in [5.74, 6) is 4.76. The predicted molar refractivity (Wildman–Crippen MR) is 78.6 cm³/mol. The smallest absolute Gasteiger partial charge is 0.126 e. The molecule has 2 aromatic carbocycles. The van der Waals surface area contributed by atoms with E-state index in [0.717, 1.165) is 11.0 Å². The van der Waals surface area contributed by atoms with Gasteiger partial charge in [0.2, 0.25) is 0 Å². The maximum Gasteiger partial charge on any atom is 0.126 e. The van der Waals surface area contributed by atoms with Gasteiger partial charge in [0.05, 0.1) is 6.04 Å². The van der Waals surface area contributed by atoms with Gasteiger partial charge in [-0.25, -0.2) is 8.78 Å². The van der Waals surface area contributed by atoms with Gasteiger partial charge in [0.15, 0.2) is 0 Å². The van der Waals surface area contributed by atoms with Crippen molar-refractivity contribution in [3.8, 4) is 0 Å². The third-order valence-corrected chi connectivity index (χ3v) is 4.02. The number of nitrogens with one attached hydrogen (secondary N) is 1. The molecule has 1 atom stereocenters. The van der Waals surface area contributed by atoms with Gasteiger partial charge in [0.25, 0.3) is 0 Å². The maximum atomic E-state index is 13.2. The molecule has 20 heavy (non-hydrogen) atoms. The number of rotatable bonds is 5. The van der Waals surface area contributed by atoms with E-state index in [1.165, 1.54) is 23.9 Å². The van der Waals surface area contributed by atoms with Crippen LogP contribution in [0.2, 0.25) is 5.02 Å². The summed E-state index contributed by atoms with van der Waals surface area (Å²) >= 11 is 7.40. The zero-order valence-corrected chi connectivity index (χ0v) is 12.0. The van der Waals surface area contributed by atoms with Gasteiger partial charge in [0.1, 0.15) is 11.6 Å². The van der Waals surface area contributed by atoms with Crippen molar-refractivity contribution in [1.82, 2.24) is 5.43 Å². The van der Waals surface area contributed by atoms with Crippen molar-refractivity contribution < 1.29 is 8.78 Å². The third-order valence-electron chi connectivity index (χ3n) is 2.70. The summed E-state index contributed by atoms with van der Waals surface area (Å²) in [6.07, 6.45) is 0. The number of thioether (sulfide) groups is 1. The van der Waals surface area contributed by atoms with E-state index in [2.05, 4.69) is 5.43 Å². The van der Waals surface area contributed by atoms with Gasteiger partial charge in [-0.1, -0.05) is 17.7 Å².